The Bertz CT molecular complexity index is 915. The van der Waals surface area contributed by atoms with Crippen LogP contribution in [0.1, 0.15) is 17.5 Å². The number of carboxylic acids is 2. The van der Waals surface area contributed by atoms with Crippen molar-refractivity contribution in [3.05, 3.63) is 59.7 Å². The molecule has 0 unspecified atom stereocenters. The first-order chi connectivity index (χ1) is 15.8. The molecule has 3 rings (SSSR count). The second-order valence-electron chi connectivity index (χ2n) is 7.72. The van der Waals surface area contributed by atoms with Gasteiger partial charge in [0.15, 0.2) is 0 Å². The van der Waals surface area contributed by atoms with Crippen LogP contribution in [-0.2, 0) is 20.9 Å². The number of piperazine rings is 1. The Morgan fingerprint density at radius 3 is 2.12 bits per heavy atom. The Kier molecular flexibility index (Phi) is 10.3. The van der Waals surface area contributed by atoms with Crippen molar-refractivity contribution in [1.29, 1.82) is 0 Å². The number of carboxylic acid groups (broad SMARTS) is 2. The molecule has 1 aliphatic heterocycles. The van der Waals surface area contributed by atoms with Gasteiger partial charge in [0.05, 0.1) is 12.8 Å². The molecule has 0 atom stereocenters. The van der Waals surface area contributed by atoms with Crippen LogP contribution in [0.25, 0.3) is 0 Å². The van der Waals surface area contributed by atoms with Gasteiger partial charge in [-0.1, -0.05) is 36.4 Å². The van der Waals surface area contributed by atoms with Crippen LogP contribution in [0.4, 0.5) is 5.69 Å². The van der Waals surface area contributed by atoms with Crippen molar-refractivity contribution in [3.63, 3.8) is 0 Å². The number of carbonyl (C=O) groups is 3. The summed E-state index contributed by atoms with van der Waals surface area (Å²) in [6.07, 6.45) is 0.496. The Balaban J connectivity index is 0.000000569. The molecule has 1 amide bonds. The third kappa shape index (κ3) is 9.30. The van der Waals surface area contributed by atoms with Crippen molar-refractivity contribution >= 4 is 23.5 Å². The summed E-state index contributed by atoms with van der Waals surface area (Å²) < 4.78 is 5.33. The number of hydrogen-bond donors (Lipinski definition) is 3. The summed E-state index contributed by atoms with van der Waals surface area (Å²) in [5.74, 6) is -2.92. The number of methoxy groups -OCH3 is 1. The van der Waals surface area contributed by atoms with Crippen LogP contribution in [0.2, 0.25) is 0 Å². The van der Waals surface area contributed by atoms with Gasteiger partial charge in [-0.3, -0.25) is 9.69 Å². The number of nitrogens with one attached hydrogen (secondary N) is 1. The van der Waals surface area contributed by atoms with Gasteiger partial charge in [-0.25, -0.2) is 9.59 Å². The zero-order valence-electron chi connectivity index (χ0n) is 19.0. The number of rotatable bonds is 7. The highest BCUT2D eigenvalue weighted by atomic mass is 16.5. The van der Waals surface area contributed by atoms with E-state index in [1.807, 2.05) is 25.1 Å². The Labute approximate surface area is 193 Å². The number of anilines is 1. The van der Waals surface area contributed by atoms with Gasteiger partial charge in [0.2, 0.25) is 5.91 Å². The Morgan fingerprint density at radius 2 is 1.55 bits per heavy atom. The maximum Gasteiger partial charge on any atom is 0.414 e. The van der Waals surface area contributed by atoms with Gasteiger partial charge in [-0.15, -0.1) is 0 Å². The molecule has 33 heavy (non-hydrogen) atoms. The summed E-state index contributed by atoms with van der Waals surface area (Å²) >= 11 is 0. The van der Waals surface area contributed by atoms with E-state index in [1.165, 1.54) is 5.56 Å². The van der Waals surface area contributed by atoms with Crippen molar-refractivity contribution in [2.45, 2.75) is 19.9 Å². The summed E-state index contributed by atoms with van der Waals surface area (Å²) in [7, 11) is 1.62. The normalized spacial score (nSPS) is 14.0. The monoisotopic (exact) mass is 457 g/mol. The molecule has 1 heterocycles. The van der Waals surface area contributed by atoms with Crippen LogP contribution in [0.5, 0.6) is 5.75 Å². The van der Waals surface area contributed by atoms with E-state index in [2.05, 4.69) is 45.4 Å². The van der Waals surface area contributed by atoms with Gasteiger partial charge in [0.1, 0.15) is 5.75 Å². The number of amides is 1. The van der Waals surface area contributed by atoms with E-state index >= 15 is 0 Å². The van der Waals surface area contributed by atoms with E-state index in [4.69, 9.17) is 24.5 Å². The minimum Gasteiger partial charge on any atom is -0.495 e. The van der Waals surface area contributed by atoms with E-state index in [-0.39, 0.29) is 5.91 Å². The molecule has 0 spiro atoms. The molecule has 0 saturated carbocycles. The van der Waals surface area contributed by atoms with E-state index in [1.54, 1.807) is 7.11 Å². The first kappa shape index (κ1) is 25.8. The van der Waals surface area contributed by atoms with Crippen LogP contribution in [-0.4, -0.2) is 77.7 Å². The van der Waals surface area contributed by atoms with E-state index in [0.717, 1.165) is 50.5 Å². The molecule has 9 heteroatoms. The quantitative estimate of drug-likeness (QED) is 0.542. The molecule has 1 aliphatic rings. The maximum absolute atomic E-state index is 12.3. The highest BCUT2D eigenvalue weighted by Gasteiger charge is 2.18. The van der Waals surface area contributed by atoms with Gasteiger partial charge in [0.25, 0.3) is 0 Å². The van der Waals surface area contributed by atoms with Crippen LogP contribution in [0.3, 0.4) is 0 Å². The lowest BCUT2D eigenvalue weighted by molar-refractivity contribution is -0.159. The van der Waals surface area contributed by atoms with Gasteiger partial charge in [-0.2, -0.15) is 0 Å². The molecule has 9 nitrogen and oxygen atoms in total. The van der Waals surface area contributed by atoms with Crippen LogP contribution in [0, 0.1) is 6.92 Å². The van der Waals surface area contributed by atoms with Crippen LogP contribution < -0.4 is 10.1 Å². The summed E-state index contributed by atoms with van der Waals surface area (Å²) in [5.41, 5.74) is 3.20. The van der Waals surface area contributed by atoms with Crippen molar-refractivity contribution in [2.24, 2.45) is 0 Å². The summed E-state index contributed by atoms with van der Waals surface area (Å²) in [6, 6.07) is 16.4. The number of nitrogens with zero attached hydrogens (tertiary/aromatic N) is 2. The lowest BCUT2D eigenvalue weighted by atomic mass is 10.2. The molecule has 0 aromatic heterocycles. The van der Waals surface area contributed by atoms with E-state index in [9.17, 15) is 4.79 Å². The van der Waals surface area contributed by atoms with Crippen molar-refractivity contribution in [3.8, 4) is 5.75 Å². The highest BCUT2D eigenvalue weighted by Crippen LogP contribution is 2.25. The number of aryl methyl sites for hydroxylation is 1. The predicted octanol–water partition coefficient (Wildman–Crippen LogP) is 2.31. The van der Waals surface area contributed by atoms with Gasteiger partial charge in [0, 0.05) is 45.7 Å². The molecule has 0 bridgehead atoms. The number of ether oxygens (including phenoxy) is 1. The molecular weight excluding hydrogens is 426 g/mol. The molecule has 1 fully saturated rings. The molecule has 0 aliphatic carbocycles. The maximum atomic E-state index is 12.3. The minimum absolute atomic E-state index is 0.0330. The second-order valence-corrected chi connectivity index (χ2v) is 7.72. The third-order valence-electron chi connectivity index (χ3n) is 5.18. The fourth-order valence-electron chi connectivity index (χ4n) is 3.40. The average molecular weight is 458 g/mol. The molecule has 2 aromatic carbocycles. The molecule has 178 valence electrons. The largest absolute Gasteiger partial charge is 0.495 e. The number of hydrogen-bond acceptors (Lipinski definition) is 6. The topological polar surface area (TPSA) is 119 Å². The van der Waals surface area contributed by atoms with Gasteiger partial charge >= 0.3 is 11.9 Å². The van der Waals surface area contributed by atoms with Crippen LogP contribution in [0.15, 0.2) is 48.5 Å². The summed E-state index contributed by atoms with van der Waals surface area (Å²) in [6.45, 7) is 7.90. The summed E-state index contributed by atoms with van der Waals surface area (Å²) in [4.78, 5) is 35.4. The Hall–Kier alpha value is -3.43. The van der Waals surface area contributed by atoms with Crippen LogP contribution >= 0.6 is 0 Å². The molecule has 3 N–H and O–H groups in total. The predicted molar refractivity (Wildman–Crippen MR) is 124 cm³/mol. The molecule has 2 aromatic rings. The molecule has 1 saturated heterocycles. The van der Waals surface area contributed by atoms with Crippen molar-refractivity contribution < 1.29 is 29.3 Å². The van der Waals surface area contributed by atoms with Crippen molar-refractivity contribution in [2.75, 3.05) is 45.2 Å². The lowest BCUT2D eigenvalue weighted by Gasteiger charge is -2.34. The zero-order chi connectivity index (χ0) is 24.2. The minimum atomic E-state index is -1.82. The van der Waals surface area contributed by atoms with E-state index in [0.29, 0.717) is 12.2 Å². The highest BCUT2D eigenvalue weighted by molar-refractivity contribution is 6.27. The first-order valence-electron chi connectivity index (χ1n) is 10.7. The third-order valence-corrected chi connectivity index (χ3v) is 5.18. The second kappa shape index (κ2) is 13.2. The van der Waals surface area contributed by atoms with Crippen molar-refractivity contribution in [1.82, 2.24) is 9.80 Å². The summed E-state index contributed by atoms with van der Waals surface area (Å²) in [5, 5.41) is 17.8. The lowest BCUT2D eigenvalue weighted by Crippen LogP contribution is -2.46. The zero-order valence-corrected chi connectivity index (χ0v) is 19.0. The molecular formula is C24H31N3O6. The number of benzene rings is 2. The SMILES string of the molecule is COc1ccc(C)cc1NC(=O)CCN1CCN(Cc2ccccc2)CC1.O=C(O)C(=O)O. The first-order valence-corrected chi connectivity index (χ1v) is 10.7. The Morgan fingerprint density at radius 1 is 0.939 bits per heavy atom. The number of carbonyl (C=O) groups excluding carboxylic acids is 1. The van der Waals surface area contributed by atoms with Gasteiger partial charge < -0.3 is 25.2 Å². The number of aliphatic carboxylic acids is 2. The average Bonchev–Trinajstić information content (AvgIpc) is 2.80. The van der Waals surface area contributed by atoms with Gasteiger partial charge in [-0.05, 0) is 30.2 Å². The standard InChI is InChI=1S/C22H29N3O2.C2H2O4/c1-18-8-9-21(27-2)20(16-18)23-22(26)10-11-24-12-14-25(15-13-24)17-19-6-4-3-5-7-19;3-1(4)2(5)6/h3-9,16H,10-15,17H2,1-2H3,(H,23,26);(H,3,4)(H,5,6). The van der Waals surface area contributed by atoms with E-state index < -0.39 is 11.9 Å². The fraction of sp³-hybridized carbons (Fsp3) is 0.375. The fourth-order valence-corrected chi connectivity index (χ4v) is 3.40. The molecule has 0 radical (unpaired) electrons. The smallest absolute Gasteiger partial charge is 0.414 e.